The van der Waals surface area contributed by atoms with Crippen LogP contribution in [-0.2, 0) is 17.9 Å². The summed E-state index contributed by atoms with van der Waals surface area (Å²) in [6.45, 7) is -0.928. The maximum atomic E-state index is 13.7. The first-order valence-electron chi connectivity index (χ1n) is 14.9. The van der Waals surface area contributed by atoms with Gasteiger partial charge in [-0.3, -0.25) is 19.3 Å². The van der Waals surface area contributed by atoms with Crippen LogP contribution in [0, 0.1) is 5.92 Å². The summed E-state index contributed by atoms with van der Waals surface area (Å²) in [5, 5.41) is 18.3. The van der Waals surface area contributed by atoms with Crippen LogP contribution in [0.4, 0.5) is 18.9 Å². The molecule has 2 bridgehead atoms. The molecule has 0 unspecified atom stereocenters. The fourth-order valence-electron chi connectivity index (χ4n) is 5.15. The second kappa shape index (κ2) is 11.3. The van der Waals surface area contributed by atoms with Crippen molar-refractivity contribution in [1.82, 2.24) is 39.5 Å². The molecule has 5 heterocycles. The predicted molar refractivity (Wildman–Crippen MR) is 155 cm³/mol. The Hall–Kier alpha value is -4.85. The molecule has 0 radical (unpaired) electrons. The number of nitrogens with zero attached hydrogens (tertiary/aromatic N) is 8. The van der Waals surface area contributed by atoms with Gasteiger partial charge in [-0.2, -0.15) is 23.4 Å². The van der Waals surface area contributed by atoms with E-state index in [1.165, 1.54) is 47.5 Å². The van der Waals surface area contributed by atoms with E-state index < -0.39 is 36.4 Å². The number of anilines is 1. The number of halogens is 4. The van der Waals surface area contributed by atoms with Crippen LogP contribution in [0.1, 0.15) is 47.6 Å². The summed E-state index contributed by atoms with van der Waals surface area (Å²) in [6.07, 6.45) is 1.54. The van der Waals surface area contributed by atoms with Gasteiger partial charge in [-0.1, -0.05) is 30.2 Å². The molecule has 1 aliphatic heterocycles. The Morgan fingerprint density at radius 1 is 1.09 bits per heavy atom. The Balaban J connectivity index is 1.44. The van der Waals surface area contributed by atoms with Gasteiger partial charge in [-0.25, -0.2) is 9.36 Å². The van der Waals surface area contributed by atoms with E-state index in [0.29, 0.717) is 30.4 Å². The minimum Gasteiger partial charge on any atom is -0.323 e. The number of pyridine rings is 1. The summed E-state index contributed by atoms with van der Waals surface area (Å²) in [4.78, 5) is 31.1. The maximum absolute atomic E-state index is 13.7. The first kappa shape index (κ1) is 25.6. The molecule has 5 aromatic rings. The zero-order chi connectivity index (χ0) is 33.7. The minimum absolute atomic E-state index is 0.0812. The van der Waals surface area contributed by atoms with Crippen LogP contribution in [0.15, 0.2) is 66.0 Å². The molecular formula is C29H25ClF3N9O2. The number of nitrogens with one attached hydrogen (secondary N) is 1. The van der Waals surface area contributed by atoms with Crippen molar-refractivity contribution in [2.45, 2.75) is 38.4 Å². The molecular weight excluding hydrogens is 599 g/mol. The van der Waals surface area contributed by atoms with Gasteiger partial charge in [0.15, 0.2) is 5.69 Å². The third-order valence-electron chi connectivity index (χ3n) is 7.42. The zero-order valence-electron chi connectivity index (χ0n) is 26.0. The topological polar surface area (TPSA) is 125 Å². The number of carbonyl (C=O) groups excluding carboxylic acids is 1. The molecule has 4 aromatic heterocycles. The maximum Gasteiger partial charge on any atom is 0.436 e. The average molecular weight is 627 g/mol. The van der Waals surface area contributed by atoms with Crippen molar-refractivity contribution in [1.29, 1.82) is 0 Å². The molecule has 0 spiro atoms. The summed E-state index contributed by atoms with van der Waals surface area (Å²) in [7, 11) is 0. The first-order valence-corrected chi connectivity index (χ1v) is 13.8. The van der Waals surface area contributed by atoms with Crippen molar-refractivity contribution in [3.63, 3.8) is 0 Å². The standard InChI is InChI=1S/C29H25ClF3N9O2/c1-16-4-3-5-23(17-8-9-34-21(10-17)27-22(37-28(16)44)14-35-40(27)2)42-26(43)11-18(13-36-42)20-12-19(30)6-7-24(20)41-15-25(38-39-41)29(31,32)33/h6-16,23H,3-5H2,1-2H3,(H,37,44)/t16-,23+/m1/s1/i2D3. The number of amides is 1. The van der Waals surface area contributed by atoms with Crippen molar-refractivity contribution in [2.24, 2.45) is 12.9 Å². The number of carbonyl (C=O) groups is 1. The van der Waals surface area contributed by atoms with Crippen LogP contribution in [0.2, 0.25) is 5.02 Å². The molecule has 0 saturated heterocycles. The van der Waals surface area contributed by atoms with Gasteiger partial charge in [-0.15, -0.1) is 5.10 Å². The van der Waals surface area contributed by atoms with Gasteiger partial charge in [-0.05, 0) is 48.7 Å². The molecule has 2 atom stereocenters. The third kappa shape index (κ3) is 5.60. The molecule has 1 N–H and O–H groups in total. The van der Waals surface area contributed by atoms with E-state index in [1.807, 2.05) is 0 Å². The Morgan fingerprint density at radius 2 is 1.93 bits per heavy atom. The van der Waals surface area contributed by atoms with Crippen molar-refractivity contribution < 1.29 is 22.1 Å². The SMILES string of the molecule is [2H]C([2H])([2H])n1ncc2c1-c1cc(ccn1)[C@@H](n1ncc(-c3cc(Cl)ccc3-n3cc(C(F)(F)F)nn3)cc1=O)CCC[C@@H](C)C(=O)N2. The van der Waals surface area contributed by atoms with E-state index >= 15 is 0 Å². The van der Waals surface area contributed by atoms with Crippen molar-refractivity contribution in [3.8, 4) is 28.2 Å². The van der Waals surface area contributed by atoms with E-state index in [0.717, 1.165) is 15.6 Å². The van der Waals surface area contributed by atoms with Gasteiger partial charge in [0.25, 0.3) is 5.56 Å². The number of rotatable bonds is 3. The summed E-state index contributed by atoms with van der Waals surface area (Å²) >= 11 is 6.23. The number of hydrogen-bond donors (Lipinski definition) is 1. The van der Waals surface area contributed by atoms with Gasteiger partial charge < -0.3 is 5.32 Å². The number of hydrogen-bond acceptors (Lipinski definition) is 7. The quantitative estimate of drug-likeness (QED) is 0.288. The van der Waals surface area contributed by atoms with E-state index in [9.17, 15) is 22.8 Å². The van der Waals surface area contributed by atoms with Crippen LogP contribution in [0.5, 0.6) is 0 Å². The lowest BCUT2D eigenvalue weighted by atomic mass is 9.96. The zero-order valence-corrected chi connectivity index (χ0v) is 23.7. The predicted octanol–water partition coefficient (Wildman–Crippen LogP) is 5.31. The molecule has 226 valence electrons. The van der Waals surface area contributed by atoms with Crippen LogP contribution in [0.25, 0.3) is 28.2 Å². The molecule has 1 amide bonds. The summed E-state index contributed by atoms with van der Waals surface area (Å²) < 4.78 is 66.6. The Morgan fingerprint density at radius 3 is 2.68 bits per heavy atom. The number of fused-ring (bicyclic) bond motifs is 4. The Kier molecular flexibility index (Phi) is 6.60. The smallest absolute Gasteiger partial charge is 0.323 e. The summed E-state index contributed by atoms with van der Waals surface area (Å²) in [5.74, 6) is -0.773. The highest BCUT2D eigenvalue weighted by Gasteiger charge is 2.35. The fourth-order valence-corrected chi connectivity index (χ4v) is 5.33. The monoisotopic (exact) mass is 626 g/mol. The van der Waals surface area contributed by atoms with Crippen LogP contribution in [0.3, 0.4) is 0 Å². The number of aryl methyl sites for hydroxylation is 1. The van der Waals surface area contributed by atoms with Crippen molar-refractivity contribution >= 4 is 23.2 Å². The molecule has 6 rings (SSSR count). The Bertz CT molecular complexity index is 2040. The van der Waals surface area contributed by atoms with E-state index in [4.69, 9.17) is 15.7 Å². The third-order valence-corrected chi connectivity index (χ3v) is 7.66. The second-order valence-electron chi connectivity index (χ2n) is 10.4. The van der Waals surface area contributed by atoms with Crippen molar-refractivity contribution in [3.05, 3.63) is 87.8 Å². The molecule has 1 aliphatic rings. The van der Waals surface area contributed by atoms with Gasteiger partial charge >= 0.3 is 6.18 Å². The van der Waals surface area contributed by atoms with Crippen LogP contribution >= 0.6 is 11.6 Å². The van der Waals surface area contributed by atoms with Gasteiger partial charge in [0.2, 0.25) is 5.91 Å². The molecule has 11 nitrogen and oxygen atoms in total. The molecule has 0 aliphatic carbocycles. The molecule has 0 saturated carbocycles. The van der Waals surface area contributed by atoms with Crippen LogP contribution < -0.4 is 10.9 Å². The molecule has 0 fully saturated rings. The average Bonchev–Trinajstić information content (AvgIpc) is 3.67. The van der Waals surface area contributed by atoms with E-state index in [1.54, 1.807) is 19.1 Å². The summed E-state index contributed by atoms with van der Waals surface area (Å²) in [6, 6.07) is 8.38. The lowest BCUT2D eigenvalue weighted by Gasteiger charge is -2.22. The van der Waals surface area contributed by atoms with Gasteiger partial charge in [0.1, 0.15) is 5.69 Å². The largest absolute Gasteiger partial charge is 0.436 e. The highest BCUT2D eigenvalue weighted by atomic mass is 35.5. The van der Waals surface area contributed by atoms with Crippen LogP contribution in [-0.4, -0.2) is 45.4 Å². The van der Waals surface area contributed by atoms with E-state index in [2.05, 4.69) is 30.8 Å². The minimum atomic E-state index is -4.71. The summed E-state index contributed by atoms with van der Waals surface area (Å²) in [5.41, 5.74) is 0.121. The first-order chi connectivity index (χ1) is 22.2. The van der Waals surface area contributed by atoms with E-state index in [-0.39, 0.29) is 39.3 Å². The Labute approximate surface area is 257 Å². The number of alkyl halides is 3. The lowest BCUT2D eigenvalue weighted by molar-refractivity contribution is -0.141. The molecule has 44 heavy (non-hydrogen) atoms. The second-order valence-corrected chi connectivity index (χ2v) is 10.8. The highest BCUT2D eigenvalue weighted by molar-refractivity contribution is 6.31. The number of aromatic nitrogens is 8. The fraction of sp³-hybridized carbons (Fsp3) is 0.276. The molecule has 1 aromatic carbocycles. The van der Waals surface area contributed by atoms with Crippen molar-refractivity contribution in [2.75, 3.05) is 5.32 Å². The van der Waals surface area contributed by atoms with Gasteiger partial charge in [0, 0.05) is 45.4 Å². The lowest BCUT2D eigenvalue weighted by Crippen LogP contribution is -2.28. The normalized spacial score (nSPS) is 18.7. The highest BCUT2D eigenvalue weighted by Crippen LogP contribution is 2.34. The van der Waals surface area contributed by atoms with Gasteiger partial charge in [0.05, 0.1) is 41.7 Å². The molecule has 15 heteroatoms. The number of benzene rings is 1.